The van der Waals surface area contributed by atoms with E-state index >= 15 is 0 Å². The molecule has 2 aromatic carbocycles. The zero-order valence-corrected chi connectivity index (χ0v) is 21.9. The standard InChI is InChI=1S/C27H23Cl2F2NO6/c1-34-21-7-6-17(10-24(21)35-2)26(33)37-23(11-18-19(28)12-32-13-20(18)29)16-5-8-22(38-27(30)31)25(9-16)36-14-15-3-4-15/h5-13,15,27H,3-4,14H2,1-2H3/b23-11-. The third-order valence-corrected chi connectivity index (χ3v) is 6.21. The molecule has 3 aromatic rings. The summed E-state index contributed by atoms with van der Waals surface area (Å²) >= 11 is 12.6. The number of halogens is 4. The van der Waals surface area contributed by atoms with Crippen molar-refractivity contribution in [2.24, 2.45) is 5.92 Å². The molecular formula is C27H23Cl2F2NO6. The van der Waals surface area contributed by atoms with Gasteiger partial charge in [0.1, 0.15) is 5.76 Å². The second-order valence-electron chi connectivity index (χ2n) is 8.28. The van der Waals surface area contributed by atoms with Gasteiger partial charge in [-0.25, -0.2) is 4.79 Å². The van der Waals surface area contributed by atoms with Gasteiger partial charge < -0.3 is 23.7 Å². The van der Waals surface area contributed by atoms with Gasteiger partial charge in [0.05, 0.1) is 36.4 Å². The molecule has 11 heteroatoms. The van der Waals surface area contributed by atoms with Crippen LogP contribution in [-0.4, -0.2) is 38.4 Å². The van der Waals surface area contributed by atoms with Gasteiger partial charge in [0.2, 0.25) is 0 Å². The highest BCUT2D eigenvalue weighted by Crippen LogP contribution is 2.37. The predicted molar refractivity (Wildman–Crippen MR) is 138 cm³/mol. The van der Waals surface area contributed by atoms with Crippen molar-refractivity contribution in [2.75, 3.05) is 20.8 Å². The van der Waals surface area contributed by atoms with Crippen molar-refractivity contribution in [3.63, 3.8) is 0 Å². The van der Waals surface area contributed by atoms with Gasteiger partial charge in [-0.1, -0.05) is 23.2 Å². The largest absolute Gasteiger partial charge is 0.493 e. The molecule has 0 N–H and O–H groups in total. The maximum atomic E-state index is 13.2. The highest BCUT2D eigenvalue weighted by atomic mass is 35.5. The van der Waals surface area contributed by atoms with Crippen LogP contribution in [0.15, 0.2) is 48.8 Å². The average molecular weight is 566 g/mol. The van der Waals surface area contributed by atoms with Gasteiger partial charge in [-0.15, -0.1) is 0 Å². The molecule has 200 valence electrons. The fourth-order valence-electron chi connectivity index (χ4n) is 3.44. The number of carbonyl (C=O) groups excluding carboxylic acids is 1. The Morgan fingerprint density at radius 3 is 2.24 bits per heavy atom. The molecule has 1 saturated carbocycles. The number of nitrogens with zero attached hydrogens (tertiary/aromatic N) is 1. The Bertz CT molecular complexity index is 1330. The molecule has 0 bridgehead atoms. The molecule has 7 nitrogen and oxygen atoms in total. The summed E-state index contributed by atoms with van der Waals surface area (Å²) in [6, 6.07) is 8.77. The number of alkyl halides is 2. The Morgan fingerprint density at radius 1 is 0.974 bits per heavy atom. The normalized spacial score (nSPS) is 13.3. The summed E-state index contributed by atoms with van der Waals surface area (Å²) in [6.07, 6.45) is 6.22. The Labute approximate surface area is 227 Å². The van der Waals surface area contributed by atoms with Crippen LogP contribution in [-0.2, 0) is 4.74 Å². The van der Waals surface area contributed by atoms with Crippen LogP contribution in [0, 0.1) is 5.92 Å². The van der Waals surface area contributed by atoms with Crippen molar-refractivity contribution in [3.8, 4) is 23.0 Å². The monoisotopic (exact) mass is 565 g/mol. The molecule has 0 radical (unpaired) electrons. The van der Waals surface area contributed by atoms with E-state index in [0.29, 0.717) is 35.2 Å². The zero-order valence-electron chi connectivity index (χ0n) is 20.4. The number of esters is 1. The number of hydrogen-bond donors (Lipinski definition) is 0. The highest BCUT2D eigenvalue weighted by molar-refractivity contribution is 6.37. The second-order valence-corrected chi connectivity index (χ2v) is 9.09. The summed E-state index contributed by atoms with van der Waals surface area (Å²) in [4.78, 5) is 17.1. The van der Waals surface area contributed by atoms with Crippen LogP contribution in [0.1, 0.15) is 34.3 Å². The van der Waals surface area contributed by atoms with Crippen molar-refractivity contribution in [2.45, 2.75) is 19.5 Å². The molecular weight excluding hydrogens is 543 g/mol. The van der Waals surface area contributed by atoms with Crippen LogP contribution in [0.5, 0.6) is 23.0 Å². The fourth-order valence-corrected chi connectivity index (χ4v) is 3.92. The molecule has 0 aliphatic heterocycles. The van der Waals surface area contributed by atoms with Crippen molar-refractivity contribution >= 4 is 41.0 Å². The molecule has 0 spiro atoms. The van der Waals surface area contributed by atoms with E-state index in [-0.39, 0.29) is 32.9 Å². The molecule has 38 heavy (non-hydrogen) atoms. The van der Waals surface area contributed by atoms with Gasteiger partial charge in [0.25, 0.3) is 0 Å². The molecule has 1 aromatic heterocycles. The number of carbonyl (C=O) groups is 1. The number of rotatable bonds is 11. The van der Waals surface area contributed by atoms with Crippen LogP contribution in [0.4, 0.5) is 8.78 Å². The molecule has 1 heterocycles. The van der Waals surface area contributed by atoms with Gasteiger partial charge in [-0.3, -0.25) is 4.98 Å². The lowest BCUT2D eigenvalue weighted by molar-refractivity contribution is -0.0515. The van der Waals surface area contributed by atoms with E-state index in [2.05, 4.69) is 9.72 Å². The average Bonchev–Trinajstić information content (AvgIpc) is 3.73. The van der Waals surface area contributed by atoms with Crippen LogP contribution in [0.2, 0.25) is 10.0 Å². The van der Waals surface area contributed by atoms with Gasteiger partial charge in [-0.2, -0.15) is 8.78 Å². The predicted octanol–water partition coefficient (Wildman–Crippen LogP) is 7.15. The van der Waals surface area contributed by atoms with Gasteiger partial charge in [-0.05, 0) is 61.2 Å². The van der Waals surface area contributed by atoms with Gasteiger partial charge >= 0.3 is 12.6 Å². The third kappa shape index (κ3) is 6.85. The minimum absolute atomic E-state index is 0.0275. The molecule has 1 fully saturated rings. The minimum Gasteiger partial charge on any atom is -0.493 e. The first kappa shape index (κ1) is 27.5. The lowest BCUT2D eigenvalue weighted by Crippen LogP contribution is -2.08. The Balaban J connectivity index is 1.75. The summed E-state index contributed by atoms with van der Waals surface area (Å²) in [7, 11) is 2.92. The van der Waals surface area contributed by atoms with E-state index in [0.717, 1.165) is 12.8 Å². The topological polar surface area (TPSA) is 76.1 Å². The van der Waals surface area contributed by atoms with Crippen LogP contribution < -0.4 is 18.9 Å². The highest BCUT2D eigenvalue weighted by Gasteiger charge is 2.24. The van der Waals surface area contributed by atoms with E-state index < -0.39 is 12.6 Å². The minimum atomic E-state index is -3.04. The van der Waals surface area contributed by atoms with Gasteiger partial charge in [0.15, 0.2) is 23.0 Å². The first-order valence-corrected chi connectivity index (χ1v) is 12.2. The molecule has 0 amide bonds. The third-order valence-electron chi connectivity index (χ3n) is 5.60. The number of benzene rings is 2. The summed E-state index contributed by atoms with van der Waals surface area (Å²) in [5.74, 6) is 0.348. The molecule has 1 aliphatic carbocycles. The second kappa shape index (κ2) is 12.3. The van der Waals surface area contributed by atoms with Crippen molar-refractivity contribution in [1.82, 2.24) is 4.98 Å². The summed E-state index contributed by atoms with van der Waals surface area (Å²) in [6.45, 7) is -2.70. The molecule has 0 unspecified atom stereocenters. The summed E-state index contributed by atoms with van der Waals surface area (Å²) < 4.78 is 52.7. The Hall–Kier alpha value is -3.56. The summed E-state index contributed by atoms with van der Waals surface area (Å²) in [5.41, 5.74) is 0.838. The fraction of sp³-hybridized carbons (Fsp3) is 0.259. The van der Waals surface area contributed by atoms with E-state index in [1.54, 1.807) is 6.07 Å². The van der Waals surface area contributed by atoms with E-state index in [4.69, 9.17) is 42.1 Å². The molecule has 1 aliphatic rings. The Morgan fingerprint density at radius 2 is 1.61 bits per heavy atom. The first-order chi connectivity index (χ1) is 18.3. The van der Waals surface area contributed by atoms with E-state index in [9.17, 15) is 13.6 Å². The van der Waals surface area contributed by atoms with Gasteiger partial charge in [0, 0.05) is 23.5 Å². The van der Waals surface area contributed by atoms with Crippen molar-refractivity contribution in [3.05, 3.63) is 75.5 Å². The maximum absolute atomic E-state index is 13.2. The zero-order chi connectivity index (χ0) is 27.2. The number of hydrogen-bond acceptors (Lipinski definition) is 7. The van der Waals surface area contributed by atoms with Crippen molar-refractivity contribution in [1.29, 1.82) is 0 Å². The SMILES string of the molecule is COc1ccc(C(=O)O/C(=C\c2c(Cl)cncc2Cl)c2ccc(OC(F)F)c(OCC3CC3)c2)cc1OC. The number of aromatic nitrogens is 1. The van der Waals surface area contributed by atoms with Crippen LogP contribution >= 0.6 is 23.2 Å². The quantitative estimate of drug-likeness (QED) is 0.180. The summed E-state index contributed by atoms with van der Waals surface area (Å²) in [5, 5.41) is 0.417. The number of methoxy groups -OCH3 is 2. The number of ether oxygens (including phenoxy) is 5. The lowest BCUT2D eigenvalue weighted by atomic mass is 10.1. The lowest BCUT2D eigenvalue weighted by Gasteiger charge is -2.16. The van der Waals surface area contributed by atoms with Crippen LogP contribution in [0.3, 0.4) is 0 Å². The number of pyridine rings is 1. The maximum Gasteiger partial charge on any atom is 0.387 e. The van der Waals surface area contributed by atoms with Crippen LogP contribution in [0.25, 0.3) is 11.8 Å². The molecule has 0 atom stereocenters. The van der Waals surface area contributed by atoms with E-state index in [1.165, 1.54) is 63.0 Å². The molecule has 0 saturated heterocycles. The molecule has 4 rings (SSSR count). The van der Waals surface area contributed by atoms with E-state index in [1.807, 2.05) is 0 Å². The first-order valence-electron chi connectivity index (χ1n) is 11.5. The Kier molecular flexibility index (Phi) is 8.91. The smallest absolute Gasteiger partial charge is 0.387 e. The van der Waals surface area contributed by atoms with Crippen molar-refractivity contribution < 1.29 is 37.3 Å².